The molecule has 1 amide bonds. The maximum atomic E-state index is 12.3. The highest BCUT2D eigenvalue weighted by Gasteiger charge is 2.29. The molecule has 1 aliphatic heterocycles. The Morgan fingerprint density at radius 1 is 1.26 bits per heavy atom. The van der Waals surface area contributed by atoms with Gasteiger partial charge in [-0.3, -0.25) is 4.79 Å². The van der Waals surface area contributed by atoms with Crippen molar-refractivity contribution in [3.63, 3.8) is 0 Å². The average Bonchev–Trinajstić information content (AvgIpc) is 2.98. The van der Waals surface area contributed by atoms with Crippen molar-refractivity contribution in [1.29, 1.82) is 0 Å². The molecule has 2 aliphatic rings. The van der Waals surface area contributed by atoms with Crippen LogP contribution in [-0.4, -0.2) is 44.6 Å². The van der Waals surface area contributed by atoms with Crippen LogP contribution in [0.1, 0.15) is 37.8 Å². The van der Waals surface area contributed by atoms with Gasteiger partial charge in [0.15, 0.2) is 0 Å². The van der Waals surface area contributed by atoms with Crippen molar-refractivity contribution < 1.29 is 4.79 Å². The second-order valence-corrected chi connectivity index (χ2v) is 6.63. The number of amides is 1. The fourth-order valence-electron chi connectivity index (χ4n) is 3.38. The molecule has 0 unspecified atom stereocenters. The van der Waals surface area contributed by atoms with Gasteiger partial charge in [0.25, 0.3) is 5.78 Å². The van der Waals surface area contributed by atoms with Gasteiger partial charge in [-0.05, 0) is 39.0 Å². The number of carbonyl (C=O) groups excluding carboxylic acids is 1. The monoisotopic (exact) mass is 314 g/mol. The van der Waals surface area contributed by atoms with E-state index >= 15 is 0 Å². The summed E-state index contributed by atoms with van der Waals surface area (Å²) in [4.78, 5) is 23.1. The molecule has 2 aromatic rings. The second-order valence-electron chi connectivity index (χ2n) is 6.63. The molecule has 1 N–H and O–H groups in total. The number of aryl methyl sites for hydroxylation is 1. The van der Waals surface area contributed by atoms with Gasteiger partial charge in [0, 0.05) is 36.8 Å². The molecule has 2 aromatic heterocycles. The van der Waals surface area contributed by atoms with Gasteiger partial charge < -0.3 is 10.2 Å². The molecule has 0 bridgehead atoms. The van der Waals surface area contributed by atoms with E-state index in [4.69, 9.17) is 0 Å². The SMILES string of the molecule is Cc1cc(N2CCC(C(=O)NC3CCC3)CC2)n2ncnc2n1. The van der Waals surface area contributed by atoms with Crippen LogP contribution >= 0.6 is 0 Å². The molecule has 0 aromatic carbocycles. The number of carbonyl (C=O) groups is 1. The number of piperidine rings is 1. The zero-order valence-corrected chi connectivity index (χ0v) is 13.4. The highest BCUT2D eigenvalue weighted by Crippen LogP contribution is 2.25. The van der Waals surface area contributed by atoms with Gasteiger partial charge in [-0.1, -0.05) is 0 Å². The van der Waals surface area contributed by atoms with Crippen molar-refractivity contribution >= 4 is 17.5 Å². The number of aromatic nitrogens is 4. The minimum absolute atomic E-state index is 0.140. The maximum Gasteiger partial charge on any atom is 0.254 e. The fourth-order valence-corrected chi connectivity index (χ4v) is 3.38. The molecule has 0 spiro atoms. The van der Waals surface area contributed by atoms with Gasteiger partial charge in [-0.2, -0.15) is 14.6 Å². The number of rotatable bonds is 3. The van der Waals surface area contributed by atoms with E-state index in [1.165, 1.54) is 12.7 Å². The quantitative estimate of drug-likeness (QED) is 0.925. The summed E-state index contributed by atoms with van der Waals surface area (Å²) in [5.41, 5.74) is 0.936. The van der Waals surface area contributed by atoms with E-state index in [1.54, 1.807) is 4.52 Å². The highest BCUT2D eigenvalue weighted by molar-refractivity contribution is 5.79. The summed E-state index contributed by atoms with van der Waals surface area (Å²) < 4.78 is 1.78. The molecule has 1 aliphatic carbocycles. The van der Waals surface area contributed by atoms with Gasteiger partial charge in [0.2, 0.25) is 5.91 Å². The molecule has 7 nitrogen and oxygen atoms in total. The first kappa shape index (κ1) is 14.4. The summed E-state index contributed by atoms with van der Waals surface area (Å²) in [5, 5.41) is 7.45. The average molecular weight is 314 g/mol. The van der Waals surface area contributed by atoms with Crippen LogP contribution in [0.15, 0.2) is 12.4 Å². The maximum absolute atomic E-state index is 12.3. The van der Waals surface area contributed by atoms with E-state index < -0.39 is 0 Å². The number of nitrogens with zero attached hydrogens (tertiary/aromatic N) is 5. The minimum Gasteiger partial charge on any atom is -0.356 e. The Bertz CT molecular complexity index is 714. The lowest BCUT2D eigenvalue weighted by molar-refractivity contribution is -0.126. The zero-order chi connectivity index (χ0) is 15.8. The van der Waals surface area contributed by atoms with Gasteiger partial charge in [0.1, 0.15) is 12.1 Å². The van der Waals surface area contributed by atoms with Crippen LogP contribution in [0.5, 0.6) is 0 Å². The third kappa shape index (κ3) is 2.75. The molecule has 122 valence electrons. The number of hydrogen-bond donors (Lipinski definition) is 1. The van der Waals surface area contributed by atoms with E-state index in [0.29, 0.717) is 11.8 Å². The van der Waals surface area contributed by atoms with Crippen molar-refractivity contribution in [3.8, 4) is 0 Å². The van der Waals surface area contributed by atoms with Crippen LogP contribution in [0, 0.1) is 12.8 Å². The van der Waals surface area contributed by atoms with Crippen LogP contribution < -0.4 is 10.2 Å². The molecule has 3 heterocycles. The third-order valence-electron chi connectivity index (χ3n) is 5.00. The van der Waals surface area contributed by atoms with Crippen LogP contribution in [-0.2, 0) is 4.79 Å². The Hall–Kier alpha value is -2.18. The molecular formula is C16H22N6O. The number of hydrogen-bond acceptors (Lipinski definition) is 5. The summed E-state index contributed by atoms with van der Waals surface area (Å²) in [6.45, 7) is 3.69. The Balaban J connectivity index is 1.44. The second kappa shape index (κ2) is 5.79. The van der Waals surface area contributed by atoms with Crippen LogP contribution in [0.25, 0.3) is 5.78 Å². The topological polar surface area (TPSA) is 75.4 Å². The van der Waals surface area contributed by atoms with Gasteiger partial charge in [-0.15, -0.1) is 0 Å². The largest absolute Gasteiger partial charge is 0.356 e. The van der Waals surface area contributed by atoms with Crippen LogP contribution in [0.4, 0.5) is 5.82 Å². The molecule has 1 saturated heterocycles. The van der Waals surface area contributed by atoms with Gasteiger partial charge >= 0.3 is 0 Å². The van der Waals surface area contributed by atoms with E-state index in [1.807, 2.05) is 13.0 Å². The standard InChI is InChI=1S/C16H22N6O/c1-11-9-14(22-16(19-11)17-10-18-22)21-7-5-12(6-8-21)15(23)20-13-3-2-4-13/h9-10,12-13H,2-8H2,1H3,(H,20,23). The van der Waals surface area contributed by atoms with E-state index in [2.05, 4.69) is 25.3 Å². The van der Waals surface area contributed by atoms with Crippen molar-refractivity contribution in [1.82, 2.24) is 24.9 Å². The first-order valence-corrected chi connectivity index (χ1v) is 8.43. The smallest absolute Gasteiger partial charge is 0.254 e. The van der Waals surface area contributed by atoms with Crippen LogP contribution in [0.3, 0.4) is 0 Å². The summed E-state index contributed by atoms with van der Waals surface area (Å²) in [5.74, 6) is 2.03. The molecule has 0 atom stereocenters. The summed E-state index contributed by atoms with van der Waals surface area (Å²) in [7, 11) is 0. The van der Waals surface area contributed by atoms with Crippen molar-refractivity contribution in [2.24, 2.45) is 5.92 Å². The van der Waals surface area contributed by atoms with Crippen LogP contribution in [0.2, 0.25) is 0 Å². The minimum atomic E-state index is 0.140. The first-order valence-electron chi connectivity index (χ1n) is 8.43. The molecular weight excluding hydrogens is 292 g/mol. The highest BCUT2D eigenvalue weighted by atomic mass is 16.2. The zero-order valence-electron chi connectivity index (χ0n) is 13.4. The Kier molecular flexibility index (Phi) is 3.63. The third-order valence-corrected chi connectivity index (χ3v) is 5.00. The predicted molar refractivity (Wildman–Crippen MR) is 86.2 cm³/mol. The lowest BCUT2D eigenvalue weighted by atomic mass is 9.90. The molecule has 4 rings (SSSR count). The van der Waals surface area contributed by atoms with Crippen molar-refractivity contribution in [3.05, 3.63) is 18.1 Å². The summed E-state index contributed by atoms with van der Waals surface area (Å²) in [6, 6.07) is 2.47. The fraction of sp³-hybridized carbons (Fsp3) is 0.625. The Labute approximate surface area is 135 Å². The van der Waals surface area contributed by atoms with E-state index in [9.17, 15) is 4.79 Å². The summed E-state index contributed by atoms with van der Waals surface area (Å²) >= 11 is 0. The molecule has 0 radical (unpaired) electrons. The van der Waals surface area contributed by atoms with E-state index in [0.717, 1.165) is 50.3 Å². The first-order chi connectivity index (χ1) is 11.2. The Morgan fingerprint density at radius 2 is 2.04 bits per heavy atom. The number of anilines is 1. The van der Waals surface area contributed by atoms with Gasteiger partial charge in [-0.25, -0.2) is 4.98 Å². The molecule has 23 heavy (non-hydrogen) atoms. The lowest BCUT2D eigenvalue weighted by Gasteiger charge is -2.34. The normalized spacial score (nSPS) is 19.8. The van der Waals surface area contributed by atoms with Crippen molar-refractivity contribution in [2.75, 3.05) is 18.0 Å². The molecule has 2 fully saturated rings. The van der Waals surface area contributed by atoms with Crippen molar-refractivity contribution in [2.45, 2.75) is 45.1 Å². The molecule has 7 heteroatoms. The Morgan fingerprint density at radius 3 is 2.74 bits per heavy atom. The number of nitrogens with one attached hydrogen (secondary N) is 1. The molecule has 1 saturated carbocycles. The lowest BCUT2D eigenvalue weighted by Crippen LogP contribution is -2.46. The summed E-state index contributed by atoms with van der Waals surface area (Å²) in [6.07, 6.45) is 6.84. The van der Waals surface area contributed by atoms with Gasteiger partial charge in [0.05, 0.1) is 0 Å². The number of fused-ring (bicyclic) bond motifs is 1. The van der Waals surface area contributed by atoms with E-state index in [-0.39, 0.29) is 11.8 Å². The predicted octanol–water partition coefficient (Wildman–Crippen LogP) is 1.32.